The molecule has 2 amide bonds. The van der Waals surface area contributed by atoms with E-state index in [0.717, 1.165) is 25.7 Å². The minimum absolute atomic E-state index is 0.0567. The van der Waals surface area contributed by atoms with Crippen LogP contribution in [0.5, 0.6) is 0 Å². The summed E-state index contributed by atoms with van der Waals surface area (Å²) < 4.78 is 0. The van der Waals surface area contributed by atoms with Gasteiger partial charge in [0, 0.05) is 19.1 Å². The second-order valence-electron chi connectivity index (χ2n) is 4.87. The largest absolute Gasteiger partial charge is 0.481 e. The molecule has 1 aliphatic heterocycles. The van der Waals surface area contributed by atoms with Gasteiger partial charge in [-0.2, -0.15) is 11.8 Å². The van der Waals surface area contributed by atoms with Crippen molar-refractivity contribution in [2.24, 2.45) is 0 Å². The number of carbonyl (C=O) groups is 2. The van der Waals surface area contributed by atoms with Gasteiger partial charge in [-0.15, -0.1) is 0 Å². The smallest absolute Gasteiger partial charge is 0.317 e. The number of likely N-dealkylation sites (tertiary alicyclic amines) is 1. The second-order valence-corrected chi connectivity index (χ2v) is 5.86. The van der Waals surface area contributed by atoms with Gasteiger partial charge in [-0.1, -0.05) is 6.42 Å². The van der Waals surface area contributed by atoms with Gasteiger partial charge in [0.05, 0.1) is 6.42 Å². The SMILES string of the molecule is CSCCCCCNC(=O)N1CCCC1CC(=O)O. The summed E-state index contributed by atoms with van der Waals surface area (Å²) in [6.07, 6.45) is 7.15. The fourth-order valence-corrected chi connectivity index (χ4v) is 2.85. The molecule has 0 aromatic heterocycles. The van der Waals surface area contributed by atoms with Crippen LogP contribution in [0.4, 0.5) is 4.79 Å². The van der Waals surface area contributed by atoms with Crippen LogP contribution in [-0.2, 0) is 4.79 Å². The fraction of sp³-hybridized carbons (Fsp3) is 0.846. The van der Waals surface area contributed by atoms with E-state index < -0.39 is 5.97 Å². The van der Waals surface area contributed by atoms with Crippen LogP contribution in [0, 0.1) is 0 Å². The van der Waals surface area contributed by atoms with Gasteiger partial charge in [0.1, 0.15) is 0 Å². The van der Waals surface area contributed by atoms with Crippen molar-refractivity contribution in [3.05, 3.63) is 0 Å². The molecule has 2 N–H and O–H groups in total. The summed E-state index contributed by atoms with van der Waals surface area (Å²) in [5, 5.41) is 11.7. The number of nitrogens with one attached hydrogen (secondary N) is 1. The highest BCUT2D eigenvalue weighted by Crippen LogP contribution is 2.19. The molecular formula is C13H24N2O3S. The average Bonchev–Trinajstić information content (AvgIpc) is 2.80. The van der Waals surface area contributed by atoms with Crippen molar-refractivity contribution >= 4 is 23.8 Å². The molecule has 1 heterocycles. The highest BCUT2D eigenvalue weighted by molar-refractivity contribution is 7.98. The standard InChI is InChI=1S/C13H24N2O3S/c1-19-9-4-2-3-7-14-13(18)15-8-5-6-11(15)10-12(16)17/h11H,2-10H2,1H3,(H,14,18)(H,16,17). The third-order valence-corrected chi connectivity index (χ3v) is 4.05. The Labute approximate surface area is 119 Å². The maximum Gasteiger partial charge on any atom is 0.317 e. The lowest BCUT2D eigenvalue weighted by Crippen LogP contribution is -2.43. The van der Waals surface area contributed by atoms with Crippen LogP contribution >= 0.6 is 11.8 Å². The number of urea groups is 1. The molecule has 1 aliphatic rings. The molecule has 0 aromatic carbocycles. The van der Waals surface area contributed by atoms with E-state index in [1.165, 1.54) is 12.2 Å². The van der Waals surface area contributed by atoms with Crippen LogP contribution < -0.4 is 5.32 Å². The van der Waals surface area contributed by atoms with Crippen molar-refractivity contribution in [1.82, 2.24) is 10.2 Å². The minimum Gasteiger partial charge on any atom is -0.481 e. The van der Waals surface area contributed by atoms with E-state index in [-0.39, 0.29) is 18.5 Å². The van der Waals surface area contributed by atoms with E-state index in [9.17, 15) is 9.59 Å². The van der Waals surface area contributed by atoms with Crippen molar-refractivity contribution < 1.29 is 14.7 Å². The summed E-state index contributed by atoms with van der Waals surface area (Å²) in [5.74, 6) is 0.336. The first-order valence-corrected chi connectivity index (χ1v) is 8.29. The number of nitrogens with zero attached hydrogens (tertiary/aromatic N) is 1. The van der Waals surface area contributed by atoms with E-state index in [1.807, 2.05) is 11.8 Å². The fourth-order valence-electron chi connectivity index (χ4n) is 2.36. The molecule has 0 spiro atoms. The van der Waals surface area contributed by atoms with E-state index >= 15 is 0 Å². The van der Waals surface area contributed by atoms with Crippen LogP contribution in [0.1, 0.15) is 38.5 Å². The molecule has 1 rings (SSSR count). The Balaban J connectivity index is 2.19. The van der Waals surface area contributed by atoms with Crippen molar-refractivity contribution in [3.8, 4) is 0 Å². The van der Waals surface area contributed by atoms with Crippen LogP contribution in [0.15, 0.2) is 0 Å². The lowest BCUT2D eigenvalue weighted by Gasteiger charge is -2.23. The van der Waals surface area contributed by atoms with Crippen molar-refractivity contribution in [2.45, 2.75) is 44.6 Å². The number of hydrogen-bond donors (Lipinski definition) is 2. The van der Waals surface area contributed by atoms with E-state index in [1.54, 1.807) is 4.90 Å². The zero-order chi connectivity index (χ0) is 14.1. The minimum atomic E-state index is -0.832. The van der Waals surface area contributed by atoms with Gasteiger partial charge >= 0.3 is 12.0 Å². The Bertz CT molecular complexity index is 300. The predicted molar refractivity (Wildman–Crippen MR) is 77.6 cm³/mol. The predicted octanol–water partition coefficient (Wildman–Crippen LogP) is 2.17. The first-order chi connectivity index (χ1) is 9.15. The van der Waals surface area contributed by atoms with Crippen LogP contribution in [0.2, 0.25) is 0 Å². The van der Waals surface area contributed by atoms with E-state index in [4.69, 9.17) is 5.11 Å². The molecule has 110 valence electrons. The monoisotopic (exact) mass is 288 g/mol. The highest BCUT2D eigenvalue weighted by atomic mass is 32.2. The average molecular weight is 288 g/mol. The van der Waals surface area contributed by atoms with Gasteiger partial charge in [-0.05, 0) is 37.7 Å². The molecule has 1 unspecified atom stereocenters. The number of rotatable bonds is 8. The van der Waals surface area contributed by atoms with Crippen LogP contribution in [0.3, 0.4) is 0 Å². The van der Waals surface area contributed by atoms with Gasteiger partial charge in [-0.25, -0.2) is 4.79 Å². The number of carbonyl (C=O) groups excluding carboxylic acids is 1. The summed E-state index contributed by atoms with van der Waals surface area (Å²) >= 11 is 1.84. The Morgan fingerprint density at radius 3 is 2.84 bits per heavy atom. The van der Waals surface area contributed by atoms with Crippen molar-refractivity contribution in [2.75, 3.05) is 25.1 Å². The summed E-state index contributed by atoms with van der Waals surface area (Å²) in [5.41, 5.74) is 0. The first-order valence-electron chi connectivity index (χ1n) is 6.90. The van der Waals surface area contributed by atoms with Gasteiger partial charge in [0.15, 0.2) is 0 Å². The molecule has 1 fully saturated rings. The zero-order valence-electron chi connectivity index (χ0n) is 11.6. The molecule has 0 aliphatic carbocycles. The molecule has 0 saturated carbocycles. The quantitative estimate of drug-likeness (QED) is 0.672. The molecule has 1 saturated heterocycles. The van der Waals surface area contributed by atoms with Crippen LogP contribution in [0.25, 0.3) is 0 Å². The number of thioether (sulfide) groups is 1. The van der Waals surface area contributed by atoms with Gasteiger partial charge in [0.25, 0.3) is 0 Å². The Hall–Kier alpha value is -0.910. The molecule has 5 nitrogen and oxygen atoms in total. The number of aliphatic carboxylic acids is 1. The van der Waals surface area contributed by atoms with Crippen LogP contribution in [-0.4, -0.2) is 53.1 Å². The lowest BCUT2D eigenvalue weighted by molar-refractivity contribution is -0.137. The zero-order valence-corrected chi connectivity index (χ0v) is 12.4. The molecule has 0 bridgehead atoms. The van der Waals surface area contributed by atoms with E-state index in [0.29, 0.717) is 13.1 Å². The third-order valence-electron chi connectivity index (χ3n) is 3.35. The maximum absolute atomic E-state index is 11.9. The number of hydrogen-bond acceptors (Lipinski definition) is 3. The first kappa shape index (κ1) is 16.1. The van der Waals surface area contributed by atoms with Crippen molar-refractivity contribution in [3.63, 3.8) is 0 Å². The van der Waals surface area contributed by atoms with Crippen molar-refractivity contribution in [1.29, 1.82) is 0 Å². The Kier molecular flexibility index (Phi) is 7.70. The molecule has 1 atom stereocenters. The molecule has 0 aromatic rings. The Morgan fingerprint density at radius 2 is 2.16 bits per heavy atom. The normalized spacial score (nSPS) is 18.6. The number of carboxylic acid groups (broad SMARTS) is 1. The highest BCUT2D eigenvalue weighted by Gasteiger charge is 2.29. The maximum atomic E-state index is 11.9. The lowest BCUT2D eigenvalue weighted by atomic mass is 10.1. The van der Waals surface area contributed by atoms with Gasteiger partial charge in [-0.3, -0.25) is 4.79 Å². The van der Waals surface area contributed by atoms with Gasteiger partial charge < -0.3 is 15.3 Å². The second kappa shape index (κ2) is 9.07. The van der Waals surface area contributed by atoms with E-state index in [2.05, 4.69) is 11.6 Å². The summed E-state index contributed by atoms with van der Waals surface area (Å²) in [7, 11) is 0. The van der Waals surface area contributed by atoms with Gasteiger partial charge in [0.2, 0.25) is 0 Å². The number of unbranched alkanes of at least 4 members (excludes halogenated alkanes) is 2. The Morgan fingerprint density at radius 1 is 1.37 bits per heavy atom. The number of amides is 2. The number of carboxylic acids is 1. The summed E-state index contributed by atoms with van der Waals surface area (Å²) in [4.78, 5) is 24.3. The molecular weight excluding hydrogens is 264 g/mol. The molecule has 6 heteroatoms. The summed E-state index contributed by atoms with van der Waals surface area (Å²) in [6.45, 7) is 1.36. The summed E-state index contributed by atoms with van der Waals surface area (Å²) in [6, 6.07) is -0.234. The molecule has 19 heavy (non-hydrogen) atoms. The third kappa shape index (κ3) is 6.18. The molecule has 0 radical (unpaired) electrons. The topological polar surface area (TPSA) is 69.6 Å².